The van der Waals surface area contributed by atoms with Crippen LogP contribution in [0.4, 0.5) is 5.95 Å². The van der Waals surface area contributed by atoms with Gasteiger partial charge in [-0.15, -0.1) is 0 Å². The second-order valence-corrected chi connectivity index (χ2v) is 5.80. The molecule has 0 bridgehead atoms. The zero-order chi connectivity index (χ0) is 14.6. The van der Waals surface area contributed by atoms with Crippen molar-refractivity contribution in [1.82, 2.24) is 14.8 Å². The van der Waals surface area contributed by atoms with Crippen LogP contribution in [0.15, 0.2) is 34.1 Å². The summed E-state index contributed by atoms with van der Waals surface area (Å²) in [5.41, 5.74) is 1.72. The highest BCUT2D eigenvalue weighted by Gasteiger charge is 2.39. The van der Waals surface area contributed by atoms with E-state index in [0.717, 1.165) is 23.5 Å². The molecule has 0 fully saturated rings. The fourth-order valence-corrected chi connectivity index (χ4v) is 3.22. The lowest BCUT2D eigenvalue weighted by Crippen LogP contribution is -2.33. The molecule has 2 aromatic heterocycles. The van der Waals surface area contributed by atoms with Crippen LogP contribution >= 0.6 is 0 Å². The maximum atomic E-state index is 12.6. The zero-order valence-corrected chi connectivity index (χ0v) is 12.0. The second-order valence-electron chi connectivity index (χ2n) is 5.80. The van der Waals surface area contributed by atoms with Gasteiger partial charge in [-0.2, -0.15) is 10.1 Å². The fourth-order valence-electron chi connectivity index (χ4n) is 3.22. The molecule has 2 atom stereocenters. The number of rotatable bonds is 1. The Hall–Kier alpha value is -2.37. The van der Waals surface area contributed by atoms with Crippen LogP contribution in [0.25, 0.3) is 0 Å². The van der Waals surface area contributed by atoms with Gasteiger partial charge in [0, 0.05) is 17.7 Å². The number of anilines is 1. The van der Waals surface area contributed by atoms with Gasteiger partial charge in [-0.05, 0) is 31.4 Å². The summed E-state index contributed by atoms with van der Waals surface area (Å²) in [4.78, 5) is 17.0. The Balaban J connectivity index is 1.92. The van der Waals surface area contributed by atoms with Crippen molar-refractivity contribution in [2.45, 2.75) is 32.7 Å². The molecule has 1 aliphatic heterocycles. The number of nitrogens with one attached hydrogen (secondary N) is 1. The normalized spacial score (nSPS) is 24.6. The van der Waals surface area contributed by atoms with Crippen LogP contribution in [-0.2, 0) is 4.79 Å². The molecule has 1 aliphatic carbocycles. The monoisotopic (exact) mass is 284 g/mol. The van der Waals surface area contributed by atoms with Crippen molar-refractivity contribution in [3.8, 4) is 0 Å². The van der Waals surface area contributed by atoms with Gasteiger partial charge in [0.1, 0.15) is 17.6 Å². The Morgan fingerprint density at radius 3 is 3.05 bits per heavy atom. The number of ketones is 1. The molecule has 21 heavy (non-hydrogen) atoms. The molecule has 0 radical (unpaired) electrons. The number of carbonyl (C=O) groups excluding carboxylic acids is 1. The molecule has 0 spiro atoms. The number of allylic oxidation sites excluding steroid dienone is 2. The van der Waals surface area contributed by atoms with Gasteiger partial charge in [-0.3, -0.25) is 4.79 Å². The van der Waals surface area contributed by atoms with Crippen LogP contribution in [0, 0.1) is 12.8 Å². The highest BCUT2D eigenvalue weighted by molar-refractivity contribution is 5.99. The number of fused-ring (bicyclic) bond motifs is 1. The number of nitrogens with zero attached hydrogens (tertiary/aromatic N) is 3. The average Bonchev–Trinajstić information content (AvgIpc) is 3.03. The molecule has 3 heterocycles. The van der Waals surface area contributed by atoms with Gasteiger partial charge < -0.3 is 9.73 Å². The summed E-state index contributed by atoms with van der Waals surface area (Å²) in [6.07, 6.45) is 3.04. The van der Waals surface area contributed by atoms with Crippen LogP contribution in [0.2, 0.25) is 0 Å². The molecule has 4 rings (SSSR count). The van der Waals surface area contributed by atoms with Gasteiger partial charge in [0.15, 0.2) is 5.78 Å². The Kier molecular flexibility index (Phi) is 2.54. The highest BCUT2D eigenvalue weighted by Crippen LogP contribution is 2.41. The van der Waals surface area contributed by atoms with Crippen molar-refractivity contribution in [2.75, 3.05) is 5.32 Å². The summed E-state index contributed by atoms with van der Waals surface area (Å²) in [5, 5.41) is 7.71. The minimum atomic E-state index is -0.313. The Morgan fingerprint density at radius 1 is 1.43 bits per heavy atom. The first kappa shape index (κ1) is 12.4. The van der Waals surface area contributed by atoms with E-state index in [2.05, 4.69) is 22.3 Å². The van der Waals surface area contributed by atoms with Crippen molar-refractivity contribution in [3.63, 3.8) is 0 Å². The SMILES string of the molecule is Cc1nc2n(n1)C(c1ccco1)C1=C(CC(C)CC1=O)N2. The van der Waals surface area contributed by atoms with E-state index in [9.17, 15) is 4.79 Å². The van der Waals surface area contributed by atoms with E-state index in [1.165, 1.54) is 0 Å². The van der Waals surface area contributed by atoms with Gasteiger partial charge in [0.05, 0.1) is 6.26 Å². The number of hydrogen-bond acceptors (Lipinski definition) is 5. The molecular formula is C15H16N4O2. The smallest absolute Gasteiger partial charge is 0.226 e. The van der Waals surface area contributed by atoms with E-state index in [1.807, 2.05) is 19.1 Å². The summed E-state index contributed by atoms with van der Waals surface area (Å²) in [7, 11) is 0. The molecule has 0 amide bonds. The van der Waals surface area contributed by atoms with Crippen LogP contribution in [0.3, 0.4) is 0 Å². The van der Waals surface area contributed by atoms with Gasteiger partial charge in [0.25, 0.3) is 0 Å². The quantitative estimate of drug-likeness (QED) is 0.870. The van der Waals surface area contributed by atoms with E-state index in [-0.39, 0.29) is 11.8 Å². The number of furan rings is 1. The first-order valence-electron chi connectivity index (χ1n) is 7.13. The first-order chi connectivity index (χ1) is 10.1. The number of aryl methyl sites for hydroxylation is 1. The molecular weight excluding hydrogens is 268 g/mol. The van der Waals surface area contributed by atoms with E-state index < -0.39 is 0 Å². The molecule has 0 aromatic carbocycles. The number of Topliss-reactive ketones (excluding diaryl/α,β-unsaturated/α-hetero) is 1. The van der Waals surface area contributed by atoms with Gasteiger partial charge in [-0.25, -0.2) is 4.68 Å². The number of aromatic nitrogens is 3. The molecule has 2 aliphatic rings. The minimum absolute atomic E-state index is 0.163. The minimum Gasteiger partial charge on any atom is -0.467 e. The molecule has 0 saturated heterocycles. The van der Waals surface area contributed by atoms with Crippen LogP contribution in [0.5, 0.6) is 0 Å². The van der Waals surface area contributed by atoms with Crippen LogP contribution < -0.4 is 5.32 Å². The molecule has 2 aromatic rings. The lowest BCUT2D eigenvalue weighted by molar-refractivity contribution is -0.117. The summed E-state index contributed by atoms with van der Waals surface area (Å²) in [6.45, 7) is 3.94. The maximum Gasteiger partial charge on any atom is 0.226 e. The largest absolute Gasteiger partial charge is 0.467 e. The van der Waals surface area contributed by atoms with Crippen LogP contribution in [-0.4, -0.2) is 20.5 Å². The van der Waals surface area contributed by atoms with Crippen molar-refractivity contribution < 1.29 is 9.21 Å². The third-order valence-corrected chi connectivity index (χ3v) is 4.04. The lowest BCUT2D eigenvalue weighted by atomic mass is 9.82. The molecule has 6 nitrogen and oxygen atoms in total. The van der Waals surface area contributed by atoms with Gasteiger partial charge >= 0.3 is 0 Å². The van der Waals surface area contributed by atoms with Crippen molar-refractivity contribution >= 4 is 11.7 Å². The first-order valence-corrected chi connectivity index (χ1v) is 7.13. The van der Waals surface area contributed by atoms with E-state index >= 15 is 0 Å². The molecule has 2 unspecified atom stereocenters. The molecule has 108 valence electrons. The van der Waals surface area contributed by atoms with Crippen LogP contribution in [0.1, 0.15) is 37.4 Å². The lowest BCUT2D eigenvalue weighted by Gasteiger charge is -2.32. The summed E-state index contributed by atoms with van der Waals surface area (Å²) in [5.74, 6) is 2.58. The van der Waals surface area contributed by atoms with Gasteiger partial charge in [-0.1, -0.05) is 6.92 Å². The number of carbonyl (C=O) groups is 1. The maximum absolute atomic E-state index is 12.6. The third kappa shape index (κ3) is 1.82. The van der Waals surface area contributed by atoms with Crippen molar-refractivity contribution in [1.29, 1.82) is 0 Å². The topological polar surface area (TPSA) is 73.0 Å². The third-order valence-electron chi connectivity index (χ3n) is 4.04. The molecule has 6 heteroatoms. The Bertz CT molecular complexity index is 742. The average molecular weight is 284 g/mol. The fraction of sp³-hybridized carbons (Fsp3) is 0.400. The number of hydrogen-bond donors (Lipinski definition) is 1. The molecule has 1 N–H and O–H groups in total. The van der Waals surface area contributed by atoms with Gasteiger partial charge in [0.2, 0.25) is 5.95 Å². The van der Waals surface area contributed by atoms with E-state index in [1.54, 1.807) is 10.9 Å². The second kappa shape index (κ2) is 4.31. The van der Waals surface area contributed by atoms with E-state index in [4.69, 9.17) is 4.42 Å². The summed E-state index contributed by atoms with van der Waals surface area (Å²) in [6, 6.07) is 3.40. The predicted octanol–water partition coefficient (Wildman–Crippen LogP) is 2.45. The van der Waals surface area contributed by atoms with Crippen molar-refractivity contribution in [2.24, 2.45) is 5.92 Å². The highest BCUT2D eigenvalue weighted by atomic mass is 16.3. The van der Waals surface area contributed by atoms with Crippen molar-refractivity contribution in [3.05, 3.63) is 41.3 Å². The summed E-state index contributed by atoms with van der Waals surface area (Å²) >= 11 is 0. The standard InChI is InChI=1S/C15H16N4O2/c1-8-6-10-13(11(20)7-8)14(12-4-3-5-21-12)19-15(17-10)16-9(2)18-19/h3-5,8,14H,6-7H2,1-2H3,(H,16,17,18). The van der Waals surface area contributed by atoms with E-state index in [0.29, 0.717) is 24.1 Å². The summed E-state index contributed by atoms with van der Waals surface area (Å²) < 4.78 is 7.31. The Labute approximate surface area is 121 Å². The zero-order valence-electron chi connectivity index (χ0n) is 12.0. The molecule has 0 saturated carbocycles. The Morgan fingerprint density at radius 2 is 2.29 bits per heavy atom. The predicted molar refractivity (Wildman–Crippen MR) is 75.7 cm³/mol.